The molecule has 0 bridgehead atoms. The maximum absolute atomic E-state index is 15.1. The summed E-state index contributed by atoms with van der Waals surface area (Å²) in [6.45, 7) is 9.43. The molecule has 4 aromatic rings. The van der Waals surface area contributed by atoms with Gasteiger partial charge in [0, 0.05) is 31.9 Å². The predicted molar refractivity (Wildman–Crippen MR) is 164 cm³/mol. The van der Waals surface area contributed by atoms with Crippen molar-refractivity contribution in [3.63, 3.8) is 0 Å². The number of halogens is 3. The van der Waals surface area contributed by atoms with Gasteiger partial charge in [-0.15, -0.1) is 0 Å². The smallest absolute Gasteiger partial charge is 0.350 e. The lowest BCUT2D eigenvalue weighted by Crippen LogP contribution is -2.54. The quantitative estimate of drug-likeness (QED) is 0.277. The van der Waals surface area contributed by atoms with Crippen molar-refractivity contribution in [2.24, 2.45) is 0 Å². The lowest BCUT2D eigenvalue weighted by molar-refractivity contribution is -0.126. The molecule has 0 N–H and O–H groups in total. The lowest BCUT2D eigenvalue weighted by Gasteiger charge is -2.40. The van der Waals surface area contributed by atoms with Gasteiger partial charge in [0.25, 0.3) is 0 Å². The number of hydrogen-bond donors (Lipinski definition) is 0. The van der Waals surface area contributed by atoms with Gasteiger partial charge in [0.05, 0.1) is 37.6 Å². The number of hydrogen-bond acceptors (Lipinski definition) is 8. The van der Waals surface area contributed by atoms with Crippen molar-refractivity contribution < 1.29 is 17.6 Å². The molecule has 1 amide bonds. The van der Waals surface area contributed by atoms with E-state index in [1.54, 1.807) is 4.90 Å². The van der Waals surface area contributed by atoms with Crippen molar-refractivity contribution in [1.82, 2.24) is 24.4 Å². The fourth-order valence-electron chi connectivity index (χ4n) is 5.04. The topological polar surface area (TPSA) is 118 Å². The zero-order valence-electron chi connectivity index (χ0n) is 23.5. The molecule has 0 spiro atoms. The third-order valence-electron chi connectivity index (χ3n) is 7.27. The van der Waals surface area contributed by atoms with Gasteiger partial charge in [-0.1, -0.05) is 35.8 Å². The summed E-state index contributed by atoms with van der Waals surface area (Å²) in [5, 5.41) is -0.816. The maximum atomic E-state index is 15.1. The summed E-state index contributed by atoms with van der Waals surface area (Å²) in [5.41, 5.74) is -1.07. The van der Waals surface area contributed by atoms with Gasteiger partial charge in [0.15, 0.2) is 20.5 Å². The van der Waals surface area contributed by atoms with E-state index in [-0.39, 0.29) is 55.4 Å². The molecule has 1 saturated heterocycles. The number of nitrogens with zero attached hydrogens (tertiary/aromatic N) is 6. The van der Waals surface area contributed by atoms with Crippen LogP contribution in [0.15, 0.2) is 65.1 Å². The fourth-order valence-corrected chi connectivity index (χ4v) is 6.64. The Labute approximate surface area is 257 Å². The largest absolute Gasteiger partial charge is 0.355 e. The molecule has 1 atom stereocenters. The molecule has 5 rings (SSSR count). The summed E-state index contributed by atoms with van der Waals surface area (Å²) >= 11 is 13.1. The molecule has 1 aromatic carbocycles. The second-order valence-corrected chi connectivity index (χ2v) is 13.5. The first-order valence-electron chi connectivity index (χ1n) is 13.3. The number of rotatable bonds is 6. The van der Waals surface area contributed by atoms with E-state index in [1.165, 1.54) is 62.5 Å². The first-order valence-corrected chi connectivity index (χ1v) is 15.6. The molecule has 1 aliphatic rings. The Morgan fingerprint density at radius 3 is 2.53 bits per heavy atom. The molecule has 0 saturated carbocycles. The molecule has 14 heteroatoms. The van der Waals surface area contributed by atoms with Gasteiger partial charge >= 0.3 is 5.69 Å². The number of carbonyl (C=O) groups is 1. The van der Waals surface area contributed by atoms with E-state index < -0.39 is 26.6 Å². The van der Waals surface area contributed by atoms with Crippen LogP contribution >= 0.6 is 23.2 Å². The molecule has 10 nitrogen and oxygen atoms in total. The molecule has 43 heavy (non-hydrogen) atoms. The minimum atomic E-state index is -3.97. The highest BCUT2D eigenvalue weighted by molar-refractivity contribution is 7.92. The molecule has 3 aromatic heterocycles. The Morgan fingerprint density at radius 2 is 1.88 bits per heavy atom. The van der Waals surface area contributed by atoms with Crippen molar-refractivity contribution in [2.75, 3.05) is 24.5 Å². The van der Waals surface area contributed by atoms with Gasteiger partial charge < -0.3 is 9.80 Å². The molecule has 0 radical (unpaired) electrons. The predicted octanol–water partition coefficient (Wildman–Crippen LogP) is 4.69. The van der Waals surface area contributed by atoms with Crippen LogP contribution in [0.1, 0.15) is 20.8 Å². The molecule has 0 unspecified atom stereocenters. The molecule has 1 fully saturated rings. The number of amides is 1. The molecular formula is C29H27Cl2FN6O4S. The lowest BCUT2D eigenvalue weighted by atomic mass is 10.1. The Morgan fingerprint density at radius 1 is 1.14 bits per heavy atom. The van der Waals surface area contributed by atoms with E-state index in [0.717, 1.165) is 4.57 Å². The van der Waals surface area contributed by atoms with Gasteiger partial charge in [-0.25, -0.2) is 32.1 Å². The van der Waals surface area contributed by atoms with Crippen LogP contribution in [0.2, 0.25) is 10.0 Å². The van der Waals surface area contributed by atoms with Crippen molar-refractivity contribution in [3.05, 3.63) is 81.6 Å². The number of sulfone groups is 1. The molecular weight excluding hydrogens is 618 g/mol. The Hall–Kier alpha value is -3.87. The summed E-state index contributed by atoms with van der Waals surface area (Å²) in [4.78, 5) is 42.8. The summed E-state index contributed by atoms with van der Waals surface area (Å²) in [6, 6.07) is 8.26. The van der Waals surface area contributed by atoms with Crippen LogP contribution < -0.4 is 10.6 Å². The van der Waals surface area contributed by atoms with E-state index in [4.69, 9.17) is 23.2 Å². The first-order chi connectivity index (χ1) is 20.4. The van der Waals surface area contributed by atoms with Gasteiger partial charge in [-0.2, -0.15) is 4.98 Å². The van der Waals surface area contributed by atoms with Crippen LogP contribution in [-0.2, 0) is 14.6 Å². The third-order valence-corrected chi connectivity index (χ3v) is 9.97. The van der Waals surface area contributed by atoms with Crippen molar-refractivity contribution in [3.8, 4) is 16.9 Å². The van der Waals surface area contributed by atoms with Crippen LogP contribution in [0.25, 0.3) is 28.0 Å². The fraction of sp³-hybridized carbons (Fsp3) is 0.276. The monoisotopic (exact) mass is 644 g/mol. The van der Waals surface area contributed by atoms with Crippen LogP contribution in [0.5, 0.6) is 0 Å². The van der Waals surface area contributed by atoms with Gasteiger partial charge in [0.1, 0.15) is 11.6 Å². The van der Waals surface area contributed by atoms with Crippen molar-refractivity contribution in [1.29, 1.82) is 0 Å². The first kappa shape index (κ1) is 30.6. The molecule has 1 aliphatic heterocycles. The van der Waals surface area contributed by atoms with Crippen LogP contribution in [0, 0.1) is 5.82 Å². The zero-order chi connectivity index (χ0) is 31.2. The van der Waals surface area contributed by atoms with Crippen molar-refractivity contribution in [2.45, 2.75) is 37.1 Å². The minimum absolute atomic E-state index is 0.0290. The number of aromatic nitrogens is 4. The SMILES string of the molecule is C=CC(=O)N1CCN(c2nc(=O)n(-c3cccnc3S(=O)(=O)C(C)C)c3nc(-c4c(F)cccc4Cl)c(Cl)cc23)[C@@H](C)C1. The third kappa shape index (κ3) is 5.39. The number of pyridine rings is 2. The van der Waals surface area contributed by atoms with Crippen molar-refractivity contribution >= 4 is 55.8 Å². The number of carbonyl (C=O) groups excluding carboxylic acids is 1. The second-order valence-electron chi connectivity index (χ2n) is 10.3. The second kappa shape index (κ2) is 11.7. The van der Waals surface area contributed by atoms with E-state index in [9.17, 15) is 18.0 Å². The molecule has 0 aliphatic carbocycles. The highest BCUT2D eigenvalue weighted by atomic mass is 35.5. The summed E-state index contributed by atoms with van der Waals surface area (Å²) < 4.78 is 42.8. The number of benzene rings is 1. The van der Waals surface area contributed by atoms with Crippen LogP contribution in [0.3, 0.4) is 0 Å². The van der Waals surface area contributed by atoms with E-state index in [1.807, 2.05) is 11.8 Å². The number of fused-ring (bicyclic) bond motifs is 1. The standard InChI is InChI=1S/C29H27Cl2FN6O4S/c1-5-23(39)36-12-13-37(17(4)15-36)26-18-14-20(31)25(24-19(30)8-6-9-21(24)32)34-27(18)38(29(40)35-26)22-10-7-11-33-28(22)43(41,42)16(2)3/h5-11,14,16-17H,1,12-13,15H2,2-4H3/t17-/m0/s1. The Bertz CT molecular complexity index is 1930. The number of anilines is 1. The zero-order valence-corrected chi connectivity index (χ0v) is 25.8. The average Bonchev–Trinajstić information content (AvgIpc) is 2.96. The normalized spacial score (nSPS) is 15.7. The Kier molecular flexibility index (Phi) is 8.30. The van der Waals surface area contributed by atoms with E-state index in [2.05, 4.69) is 21.5 Å². The number of piperazine rings is 1. The summed E-state index contributed by atoms with van der Waals surface area (Å²) in [5.74, 6) is -0.677. The van der Waals surface area contributed by atoms with Crippen LogP contribution in [0.4, 0.5) is 10.2 Å². The highest BCUT2D eigenvalue weighted by Gasteiger charge is 2.32. The van der Waals surface area contributed by atoms with Gasteiger partial charge in [-0.3, -0.25) is 4.79 Å². The molecule has 224 valence electrons. The minimum Gasteiger partial charge on any atom is -0.350 e. The Balaban J connectivity index is 1.84. The van der Waals surface area contributed by atoms with Gasteiger partial charge in [-0.05, 0) is 57.2 Å². The maximum Gasteiger partial charge on any atom is 0.355 e. The van der Waals surface area contributed by atoms with Crippen LogP contribution in [-0.4, -0.2) is 69.7 Å². The average molecular weight is 646 g/mol. The van der Waals surface area contributed by atoms with Gasteiger partial charge in [0.2, 0.25) is 5.91 Å². The van der Waals surface area contributed by atoms with E-state index in [0.29, 0.717) is 25.0 Å². The highest BCUT2D eigenvalue weighted by Crippen LogP contribution is 2.38. The molecule has 4 heterocycles. The van der Waals surface area contributed by atoms with E-state index >= 15 is 4.39 Å². The summed E-state index contributed by atoms with van der Waals surface area (Å²) in [7, 11) is -3.97. The summed E-state index contributed by atoms with van der Waals surface area (Å²) in [6.07, 6.45) is 2.56.